The van der Waals surface area contributed by atoms with Gasteiger partial charge in [-0.2, -0.15) is 0 Å². The second kappa shape index (κ2) is 6.39. The third-order valence-electron chi connectivity index (χ3n) is 3.20. The van der Waals surface area contributed by atoms with Crippen LogP contribution in [-0.4, -0.2) is 42.5 Å². The number of hydrogen-bond acceptors (Lipinski definition) is 4. The van der Waals surface area contributed by atoms with E-state index in [-0.39, 0.29) is 13.0 Å². The van der Waals surface area contributed by atoms with Crippen molar-refractivity contribution in [1.29, 1.82) is 0 Å². The average Bonchev–Trinajstić information content (AvgIpc) is 2.29. The molecule has 0 aromatic heterocycles. The summed E-state index contributed by atoms with van der Waals surface area (Å²) < 4.78 is 10.0. The standard InChI is InChI=1S/C12H19NO5/c1-3-7-18-11(16)13-9(10(14)15)8-12(17-2)5-4-6-12/h3,9H,1,4-8H2,2H3,(H,13,16)(H,14,15). The summed E-state index contributed by atoms with van der Waals surface area (Å²) in [4.78, 5) is 22.4. The Morgan fingerprint density at radius 3 is 2.61 bits per heavy atom. The number of alkyl carbamates (subject to hydrolysis) is 1. The van der Waals surface area contributed by atoms with E-state index in [0.29, 0.717) is 0 Å². The van der Waals surface area contributed by atoms with E-state index in [1.165, 1.54) is 6.08 Å². The topological polar surface area (TPSA) is 84.9 Å². The van der Waals surface area contributed by atoms with Gasteiger partial charge in [0.1, 0.15) is 12.6 Å². The number of hydrogen-bond donors (Lipinski definition) is 2. The van der Waals surface area contributed by atoms with E-state index in [1.54, 1.807) is 7.11 Å². The van der Waals surface area contributed by atoms with Gasteiger partial charge in [-0.3, -0.25) is 0 Å². The number of ether oxygens (including phenoxy) is 2. The highest BCUT2D eigenvalue weighted by atomic mass is 16.5. The van der Waals surface area contributed by atoms with E-state index in [4.69, 9.17) is 14.6 Å². The highest BCUT2D eigenvalue weighted by Gasteiger charge is 2.41. The summed E-state index contributed by atoms with van der Waals surface area (Å²) in [5.74, 6) is -1.09. The van der Waals surface area contributed by atoms with Crippen LogP contribution in [0.3, 0.4) is 0 Å². The summed E-state index contributed by atoms with van der Waals surface area (Å²) in [5, 5.41) is 11.4. The molecule has 1 aliphatic carbocycles. The van der Waals surface area contributed by atoms with Crippen molar-refractivity contribution in [3.05, 3.63) is 12.7 Å². The zero-order valence-corrected chi connectivity index (χ0v) is 10.5. The highest BCUT2D eigenvalue weighted by molar-refractivity contribution is 5.80. The summed E-state index contributed by atoms with van der Waals surface area (Å²) >= 11 is 0. The lowest BCUT2D eigenvalue weighted by Crippen LogP contribution is -2.50. The summed E-state index contributed by atoms with van der Waals surface area (Å²) in [5.41, 5.74) is -0.422. The Balaban J connectivity index is 2.52. The molecule has 0 bridgehead atoms. The Hall–Kier alpha value is -1.56. The van der Waals surface area contributed by atoms with Crippen LogP contribution < -0.4 is 5.32 Å². The van der Waals surface area contributed by atoms with Gasteiger partial charge in [0.05, 0.1) is 5.60 Å². The van der Waals surface area contributed by atoms with Gasteiger partial charge >= 0.3 is 12.1 Å². The van der Waals surface area contributed by atoms with Crippen molar-refractivity contribution in [3.8, 4) is 0 Å². The van der Waals surface area contributed by atoms with Crippen molar-refractivity contribution in [1.82, 2.24) is 5.32 Å². The Labute approximate surface area is 106 Å². The third kappa shape index (κ3) is 3.73. The van der Waals surface area contributed by atoms with E-state index < -0.39 is 23.7 Å². The molecule has 0 spiro atoms. The van der Waals surface area contributed by atoms with Gasteiger partial charge in [0.2, 0.25) is 0 Å². The molecule has 1 fully saturated rings. The summed E-state index contributed by atoms with van der Waals surface area (Å²) in [6, 6.07) is -0.998. The summed E-state index contributed by atoms with van der Waals surface area (Å²) in [6.45, 7) is 3.45. The van der Waals surface area contributed by atoms with Crippen LogP contribution in [0.4, 0.5) is 4.79 Å². The smallest absolute Gasteiger partial charge is 0.408 e. The summed E-state index contributed by atoms with van der Waals surface area (Å²) in [7, 11) is 1.56. The van der Waals surface area contributed by atoms with Gasteiger partial charge in [0.15, 0.2) is 0 Å². The molecule has 6 heteroatoms. The lowest BCUT2D eigenvalue weighted by atomic mass is 9.75. The van der Waals surface area contributed by atoms with Crippen LogP contribution >= 0.6 is 0 Å². The second-order valence-electron chi connectivity index (χ2n) is 4.37. The first-order valence-corrected chi connectivity index (χ1v) is 5.85. The SMILES string of the molecule is C=CCOC(=O)NC(CC1(OC)CCC1)C(=O)O. The predicted octanol–water partition coefficient (Wildman–Crippen LogP) is 1.31. The van der Waals surface area contributed by atoms with Crippen molar-refractivity contribution in [3.63, 3.8) is 0 Å². The van der Waals surface area contributed by atoms with E-state index in [1.807, 2.05) is 0 Å². The number of rotatable bonds is 7. The Kier molecular flexibility index (Phi) is 5.15. The number of carbonyl (C=O) groups excluding carboxylic acids is 1. The van der Waals surface area contributed by atoms with E-state index in [2.05, 4.69) is 11.9 Å². The molecular weight excluding hydrogens is 238 g/mol. The van der Waals surface area contributed by atoms with Gasteiger partial charge in [-0.1, -0.05) is 12.7 Å². The fourth-order valence-corrected chi connectivity index (χ4v) is 1.95. The molecule has 2 N–H and O–H groups in total. The molecule has 0 aromatic rings. The van der Waals surface area contributed by atoms with Crippen molar-refractivity contribution >= 4 is 12.1 Å². The molecule has 1 aliphatic rings. The molecule has 0 aromatic carbocycles. The zero-order chi connectivity index (χ0) is 13.6. The van der Waals surface area contributed by atoms with Crippen LogP contribution in [0.25, 0.3) is 0 Å². The number of amides is 1. The van der Waals surface area contributed by atoms with Crippen LogP contribution in [0.5, 0.6) is 0 Å². The van der Waals surface area contributed by atoms with Crippen molar-refractivity contribution in [2.75, 3.05) is 13.7 Å². The molecule has 0 saturated heterocycles. The van der Waals surface area contributed by atoms with Gasteiger partial charge in [-0.25, -0.2) is 9.59 Å². The maximum atomic E-state index is 11.3. The van der Waals surface area contributed by atoms with E-state index in [9.17, 15) is 9.59 Å². The first kappa shape index (κ1) is 14.5. The molecule has 0 radical (unpaired) electrons. The van der Waals surface area contributed by atoms with Gasteiger partial charge in [-0.15, -0.1) is 0 Å². The van der Waals surface area contributed by atoms with E-state index in [0.717, 1.165) is 19.3 Å². The van der Waals surface area contributed by atoms with Crippen LogP contribution in [0, 0.1) is 0 Å². The lowest BCUT2D eigenvalue weighted by Gasteiger charge is -2.41. The largest absolute Gasteiger partial charge is 0.480 e. The number of carboxylic acids is 1. The van der Waals surface area contributed by atoms with Crippen LogP contribution in [0.2, 0.25) is 0 Å². The van der Waals surface area contributed by atoms with Crippen LogP contribution in [-0.2, 0) is 14.3 Å². The van der Waals surface area contributed by atoms with Crippen molar-refractivity contribution in [2.24, 2.45) is 0 Å². The Morgan fingerprint density at radius 1 is 1.56 bits per heavy atom. The maximum Gasteiger partial charge on any atom is 0.408 e. The zero-order valence-electron chi connectivity index (χ0n) is 10.5. The quantitative estimate of drug-likeness (QED) is 0.672. The van der Waals surface area contributed by atoms with E-state index >= 15 is 0 Å². The minimum Gasteiger partial charge on any atom is -0.480 e. The fraction of sp³-hybridized carbons (Fsp3) is 0.667. The van der Waals surface area contributed by atoms with Gasteiger partial charge in [0.25, 0.3) is 0 Å². The molecule has 0 aliphatic heterocycles. The van der Waals surface area contributed by atoms with Crippen molar-refractivity contribution < 1.29 is 24.2 Å². The highest BCUT2D eigenvalue weighted by Crippen LogP contribution is 2.38. The van der Waals surface area contributed by atoms with Crippen molar-refractivity contribution in [2.45, 2.75) is 37.3 Å². The Morgan fingerprint density at radius 2 is 2.22 bits per heavy atom. The number of carbonyl (C=O) groups is 2. The number of nitrogens with one attached hydrogen (secondary N) is 1. The number of methoxy groups -OCH3 is 1. The average molecular weight is 257 g/mol. The monoisotopic (exact) mass is 257 g/mol. The molecule has 1 rings (SSSR count). The third-order valence-corrected chi connectivity index (χ3v) is 3.20. The maximum absolute atomic E-state index is 11.3. The molecule has 1 unspecified atom stereocenters. The number of carboxylic acid groups (broad SMARTS) is 1. The molecule has 1 atom stereocenters. The molecular formula is C12H19NO5. The minimum atomic E-state index is -1.09. The van der Waals surface area contributed by atoms with Crippen LogP contribution in [0.15, 0.2) is 12.7 Å². The number of aliphatic carboxylic acids is 1. The first-order valence-electron chi connectivity index (χ1n) is 5.85. The molecule has 102 valence electrons. The van der Waals surface area contributed by atoms with Gasteiger partial charge < -0.3 is 19.9 Å². The predicted molar refractivity (Wildman–Crippen MR) is 64.3 cm³/mol. The molecule has 1 amide bonds. The molecule has 1 saturated carbocycles. The molecule has 6 nitrogen and oxygen atoms in total. The normalized spacial score (nSPS) is 18.3. The summed E-state index contributed by atoms with van der Waals surface area (Å²) in [6.07, 6.45) is 3.56. The molecule has 0 heterocycles. The lowest BCUT2D eigenvalue weighted by molar-refractivity contribution is -0.144. The minimum absolute atomic E-state index is 0.0492. The Bertz CT molecular complexity index is 319. The second-order valence-corrected chi connectivity index (χ2v) is 4.37. The fourth-order valence-electron chi connectivity index (χ4n) is 1.95. The van der Waals surface area contributed by atoms with Crippen LogP contribution in [0.1, 0.15) is 25.7 Å². The molecule has 18 heavy (non-hydrogen) atoms. The first-order chi connectivity index (χ1) is 8.53. The van der Waals surface area contributed by atoms with Gasteiger partial charge in [-0.05, 0) is 19.3 Å². The van der Waals surface area contributed by atoms with Gasteiger partial charge in [0, 0.05) is 13.5 Å².